The highest BCUT2D eigenvalue weighted by atomic mass is 16.2. The molecule has 0 radical (unpaired) electrons. The molecular formula is C27H28N4O2. The fourth-order valence-electron chi connectivity index (χ4n) is 4.92. The Morgan fingerprint density at radius 1 is 0.818 bits per heavy atom. The van der Waals surface area contributed by atoms with Crippen LogP contribution >= 0.6 is 0 Å². The predicted molar refractivity (Wildman–Crippen MR) is 130 cm³/mol. The number of hydrogen-bond donors (Lipinski definition) is 3. The fourth-order valence-corrected chi connectivity index (χ4v) is 4.92. The van der Waals surface area contributed by atoms with E-state index in [4.69, 9.17) is 0 Å². The molecule has 6 heteroatoms. The van der Waals surface area contributed by atoms with Crippen molar-refractivity contribution < 1.29 is 9.59 Å². The molecule has 3 unspecified atom stereocenters. The van der Waals surface area contributed by atoms with Crippen LogP contribution in [0.2, 0.25) is 0 Å². The van der Waals surface area contributed by atoms with Gasteiger partial charge < -0.3 is 10.2 Å². The number of hydrogen-bond acceptors (Lipinski definition) is 4. The summed E-state index contributed by atoms with van der Waals surface area (Å²) in [6.07, 6.45) is 2.43. The third-order valence-electron chi connectivity index (χ3n) is 6.58. The maximum atomic E-state index is 13.5. The second-order valence-corrected chi connectivity index (χ2v) is 8.67. The topological polar surface area (TPSA) is 73.5 Å². The molecule has 2 fully saturated rings. The van der Waals surface area contributed by atoms with Gasteiger partial charge >= 0.3 is 0 Å². The Morgan fingerprint density at radius 2 is 1.42 bits per heavy atom. The summed E-state index contributed by atoms with van der Waals surface area (Å²) in [5.74, 6) is -1.87. The van der Waals surface area contributed by atoms with E-state index in [0.29, 0.717) is 5.69 Å². The van der Waals surface area contributed by atoms with Gasteiger partial charge in [0.05, 0.1) is 6.04 Å². The van der Waals surface area contributed by atoms with Crippen LogP contribution in [-0.2, 0) is 9.59 Å². The first kappa shape index (κ1) is 21.2. The van der Waals surface area contributed by atoms with Crippen molar-refractivity contribution in [3.8, 4) is 0 Å². The van der Waals surface area contributed by atoms with E-state index in [9.17, 15) is 9.59 Å². The zero-order valence-corrected chi connectivity index (χ0v) is 18.4. The molecule has 5 rings (SSSR count). The molecular weight excluding hydrogens is 412 g/mol. The van der Waals surface area contributed by atoms with Crippen molar-refractivity contribution in [2.45, 2.75) is 24.8 Å². The van der Waals surface area contributed by atoms with Gasteiger partial charge in [-0.25, -0.2) is 5.43 Å². The smallest absolute Gasteiger partial charge is 0.247 e. The standard InChI is InChI=1S/C27H28N4O2/c32-26(28-21-13-15-22(16-14-21)31-17-7-8-18-31)24-23(19-9-3-1-4-10-19)25(29-30-27(24)33)20-11-5-2-6-12-20/h1-6,9-16,23-25,29H,7-8,17-18H2,(H,28,32)(H,30,33). The van der Waals surface area contributed by atoms with Gasteiger partial charge in [0.2, 0.25) is 11.8 Å². The van der Waals surface area contributed by atoms with Crippen LogP contribution in [0.5, 0.6) is 0 Å². The van der Waals surface area contributed by atoms with Crippen LogP contribution in [0.4, 0.5) is 11.4 Å². The van der Waals surface area contributed by atoms with E-state index in [1.165, 1.54) is 12.8 Å². The van der Waals surface area contributed by atoms with Gasteiger partial charge in [0.25, 0.3) is 0 Å². The molecule has 3 atom stereocenters. The minimum absolute atomic E-state index is 0.236. The van der Waals surface area contributed by atoms with Crippen LogP contribution in [0, 0.1) is 5.92 Å². The molecule has 2 heterocycles. The second-order valence-electron chi connectivity index (χ2n) is 8.67. The number of benzene rings is 3. The Balaban J connectivity index is 1.42. The molecule has 33 heavy (non-hydrogen) atoms. The van der Waals surface area contributed by atoms with Gasteiger partial charge in [-0.15, -0.1) is 0 Å². The molecule has 168 valence electrons. The largest absolute Gasteiger partial charge is 0.372 e. The number of rotatable bonds is 5. The number of carbonyl (C=O) groups is 2. The third kappa shape index (κ3) is 4.47. The van der Waals surface area contributed by atoms with Crippen LogP contribution in [0.25, 0.3) is 0 Å². The van der Waals surface area contributed by atoms with Crippen LogP contribution in [0.1, 0.15) is 35.9 Å². The van der Waals surface area contributed by atoms with Crippen molar-refractivity contribution in [2.75, 3.05) is 23.3 Å². The highest BCUT2D eigenvalue weighted by Gasteiger charge is 2.44. The summed E-state index contributed by atoms with van der Waals surface area (Å²) in [6, 6.07) is 27.3. The lowest BCUT2D eigenvalue weighted by atomic mass is 9.76. The van der Waals surface area contributed by atoms with Gasteiger partial charge in [-0.1, -0.05) is 60.7 Å². The number of nitrogens with one attached hydrogen (secondary N) is 3. The van der Waals surface area contributed by atoms with E-state index in [-0.39, 0.29) is 23.8 Å². The van der Waals surface area contributed by atoms with Crippen LogP contribution < -0.4 is 21.1 Å². The maximum absolute atomic E-state index is 13.5. The fraction of sp³-hybridized carbons (Fsp3) is 0.259. The van der Waals surface area contributed by atoms with Crippen molar-refractivity contribution in [1.29, 1.82) is 0 Å². The SMILES string of the molecule is O=C1NNC(c2ccccc2)C(c2ccccc2)C1C(=O)Nc1ccc(N2CCCC2)cc1. The van der Waals surface area contributed by atoms with Crippen molar-refractivity contribution >= 4 is 23.2 Å². The van der Waals surface area contributed by atoms with E-state index in [1.54, 1.807) is 0 Å². The molecule has 2 aliphatic heterocycles. The van der Waals surface area contributed by atoms with Gasteiger partial charge in [0, 0.05) is 30.4 Å². The molecule has 0 saturated carbocycles. The first-order chi connectivity index (χ1) is 16.2. The van der Waals surface area contributed by atoms with Crippen molar-refractivity contribution in [2.24, 2.45) is 5.92 Å². The summed E-state index contributed by atoms with van der Waals surface area (Å²) in [7, 11) is 0. The van der Waals surface area contributed by atoms with Crippen LogP contribution in [0.15, 0.2) is 84.9 Å². The molecule has 2 amide bonds. The molecule has 6 nitrogen and oxygen atoms in total. The van der Waals surface area contributed by atoms with E-state index in [0.717, 1.165) is 29.9 Å². The Bertz CT molecular complexity index is 1100. The number of hydrazine groups is 1. The molecule has 3 aromatic rings. The normalized spacial score (nSPS) is 22.6. The van der Waals surface area contributed by atoms with E-state index in [1.807, 2.05) is 84.9 Å². The second kappa shape index (κ2) is 9.46. The molecule has 2 aliphatic rings. The summed E-state index contributed by atoms with van der Waals surface area (Å²) >= 11 is 0. The molecule has 3 N–H and O–H groups in total. The molecule has 0 spiro atoms. The van der Waals surface area contributed by atoms with Gasteiger partial charge in [-0.05, 0) is 48.2 Å². The summed E-state index contributed by atoms with van der Waals surface area (Å²) in [5.41, 5.74) is 9.68. The lowest BCUT2D eigenvalue weighted by Gasteiger charge is -2.38. The lowest BCUT2D eigenvalue weighted by Crippen LogP contribution is -2.56. The van der Waals surface area contributed by atoms with Gasteiger partial charge in [0.15, 0.2) is 0 Å². The van der Waals surface area contributed by atoms with E-state index >= 15 is 0 Å². The molecule has 2 saturated heterocycles. The zero-order valence-electron chi connectivity index (χ0n) is 18.4. The van der Waals surface area contributed by atoms with Gasteiger partial charge in [-0.2, -0.15) is 0 Å². The number of anilines is 2. The maximum Gasteiger partial charge on any atom is 0.247 e. The summed E-state index contributed by atoms with van der Waals surface area (Å²) in [5, 5.41) is 2.99. The van der Waals surface area contributed by atoms with Gasteiger partial charge in [0.1, 0.15) is 5.92 Å². The number of nitrogens with zero attached hydrogens (tertiary/aromatic N) is 1. The highest BCUT2D eigenvalue weighted by molar-refractivity contribution is 6.07. The summed E-state index contributed by atoms with van der Waals surface area (Å²) in [6.45, 7) is 2.14. The number of carbonyl (C=O) groups excluding carboxylic acids is 2. The molecule has 0 aliphatic carbocycles. The molecule has 0 bridgehead atoms. The van der Waals surface area contributed by atoms with Crippen molar-refractivity contribution in [1.82, 2.24) is 10.9 Å². The Labute approximate surface area is 194 Å². The molecule has 3 aromatic carbocycles. The average molecular weight is 441 g/mol. The minimum atomic E-state index is -0.878. The van der Waals surface area contributed by atoms with Gasteiger partial charge in [-0.3, -0.25) is 15.0 Å². The summed E-state index contributed by atoms with van der Waals surface area (Å²) < 4.78 is 0. The minimum Gasteiger partial charge on any atom is -0.372 e. The third-order valence-corrected chi connectivity index (χ3v) is 6.58. The van der Waals surface area contributed by atoms with Crippen LogP contribution in [0.3, 0.4) is 0 Å². The Hall–Kier alpha value is -3.64. The van der Waals surface area contributed by atoms with Crippen molar-refractivity contribution in [3.63, 3.8) is 0 Å². The quantitative estimate of drug-likeness (QED) is 0.525. The number of amides is 2. The summed E-state index contributed by atoms with van der Waals surface area (Å²) in [4.78, 5) is 28.8. The van der Waals surface area contributed by atoms with E-state index in [2.05, 4.69) is 21.1 Å². The Morgan fingerprint density at radius 3 is 2.06 bits per heavy atom. The average Bonchev–Trinajstić information content (AvgIpc) is 3.40. The zero-order chi connectivity index (χ0) is 22.6. The lowest BCUT2D eigenvalue weighted by molar-refractivity contribution is -0.137. The monoisotopic (exact) mass is 440 g/mol. The highest BCUT2D eigenvalue weighted by Crippen LogP contribution is 2.39. The van der Waals surface area contributed by atoms with Crippen molar-refractivity contribution in [3.05, 3.63) is 96.1 Å². The van der Waals surface area contributed by atoms with Crippen LogP contribution in [-0.4, -0.2) is 24.9 Å². The van der Waals surface area contributed by atoms with E-state index < -0.39 is 5.92 Å². The molecule has 0 aromatic heterocycles. The first-order valence-electron chi connectivity index (χ1n) is 11.5. The Kier molecular flexibility index (Phi) is 6.09. The first-order valence-corrected chi connectivity index (χ1v) is 11.5. The predicted octanol–water partition coefficient (Wildman–Crippen LogP) is 4.00.